The summed E-state index contributed by atoms with van der Waals surface area (Å²) in [5.41, 5.74) is 1.53. The molecular weight excluding hydrogens is 312 g/mol. The Balaban J connectivity index is 1.95. The number of rotatable bonds is 3. The highest BCUT2D eigenvalue weighted by Gasteiger charge is 2.14. The number of hydrogen-bond acceptors (Lipinski definition) is 3. The summed E-state index contributed by atoms with van der Waals surface area (Å²) >= 11 is 5.03. The summed E-state index contributed by atoms with van der Waals surface area (Å²) in [7, 11) is 0. The maximum atomic E-state index is 12.3. The van der Waals surface area contributed by atoms with Crippen LogP contribution in [-0.2, 0) is 6.42 Å². The first-order chi connectivity index (χ1) is 8.75. The van der Waals surface area contributed by atoms with Crippen LogP contribution in [0.5, 0.6) is 0 Å². The van der Waals surface area contributed by atoms with Gasteiger partial charge in [0.2, 0.25) is 0 Å². The van der Waals surface area contributed by atoms with Crippen molar-refractivity contribution in [3.8, 4) is 0 Å². The summed E-state index contributed by atoms with van der Waals surface area (Å²) in [5, 5.41) is 6.15. The van der Waals surface area contributed by atoms with E-state index in [4.69, 9.17) is 0 Å². The SMILES string of the molecule is O=C(Cc1sccc1Br)c1cnn2ccccc12. The van der Waals surface area contributed by atoms with E-state index in [1.54, 1.807) is 22.0 Å². The molecule has 0 aliphatic rings. The number of Topliss-reactive ketones (excluding diaryl/α,β-unsaturated/α-hetero) is 1. The number of aromatic nitrogens is 2. The molecule has 0 bridgehead atoms. The van der Waals surface area contributed by atoms with Crippen LogP contribution in [0, 0.1) is 0 Å². The van der Waals surface area contributed by atoms with Crippen molar-refractivity contribution in [2.75, 3.05) is 0 Å². The molecule has 0 spiro atoms. The lowest BCUT2D eigenvalue weighted by atomic mass is 10.1. The average Bonchev–Trinajstić information content (AvgIpc) is 2.96. The minimum absolute atomic E-state index is 0.0966. The molecule has 0 saturated heterocycles. The number of thiophene rings is 1. The molecule has 0 aliphatic heterocycles. The third-order valence-corrected chi connectivity index (χ3v) is 4.67. The standard InChI is InChI=1S/C13H9BrN2OS/c14-10-4-6-18-13(10)7-12(17)9-8-15-16-5-2-1-3-11(9)16/h1-6,8H,7H2. The van der Waals surface area contributed by atoms with Crippen LogP contribution in [-0.4, -0.2) is 15.4 Å². The molecule has 0 saturated carbocycles. The number of nitrogens with zero attached hydrogens (tertiary/aromatic N) is 2. The lowest BCUT2D eigenvalue weighted by molar-refractivity contribution is 0.0995. The van der Waals surface area contributed by atoms with Gasteiger partial charge in [0, 0.05) is 22.0 Å². The van der Waals surface area contributed by atoms with E-state index in [1.165, 1.54) is 0 Å². The van der Waals surface area contributed by atoms with Crippen LogP contribution in [0.4, 0.5) is 0 Å². The molecule has 0 aromatic carbocycles. The van der Waals surface area contributed by atoms with Crippen molar-refractivity contribution in [3.63, 3.8) is 0 Å². The summed E-state index contributed by atoms with van der Waals surface area (Å²) in [6.07, 6.45) is 3.89. The Morgan fingerprint density at radius 1 is 1.39 bits per heavy atom. The van der Waals surface area contributed by atoms with Crippen LogP contribution in [0.2, 0.25) is 0 Å². The minimum atomic E-state index is 0.0966. The fourth-order valence-electron chi connectivity index (χ4n) is 1.84. The number of pyridine rings is 1. The number of carbonyl (C=O) groups is 1. The maximum Gasteiger partial charge on any atom is 0.171 e. The molecule has 0 unspecified atom stereocenters. The predicted molar refractivity (Wildman–Crippen MR) is 75.2 cm³/mol. The van der Waals surface area contributed by atoms with E-state index in [-0.39, 0.29) is 5.78 Å². The van der Waals surface area contributed by atoms with Gasteiger partial charge in [0.25, 0.3) is 0 Å². The van der Waals surface area contributed by atoms with E-state index in [0.29, 0.717) is 12.0 Å². The van der Waals surface area contributed by atoms with Crippen LogP contribution in [0.15, 0.2) is 46.5 Å². The van der Waals surface area contributed by atoms with Gasteiger partial charge in [0.05, 0.1) is 17.3 Å². The van der Waals surface area contributed by atoms with E-state index in [9.17, 15) is 4.79 Å². The molecule has 0 atom stereocenters. The van der Waals surface area contributed by atoms with Crippen LogP contribution in [0.25, 0.3) is 5.52 Å². The van der Waals surface area contributed by atoms with E-state index in [2.05, 4.69) is 21.0 Å². The Kier molecular flexibility index (Phi) is 3.01. The van der Waals surface area contributed by atoms with Crippen molar-refractivity contribution in [1.29, 1.82) is 0 Å². The zero-order valence-corrected chi connectivity index (χ0v) is 11.7. The average molecular weight is 321 g/mol. The second-order valence-electron chi connectivity index (χ2n) is 3.88. The van der Waals surface area contributed by atoms with Crippen molar-refractivity contribution in [3.05, 3.63) is 57.0 Å². The Hall–Kier alpha value is -1.46. The van der Waals surface area contributed by atoms with Crippen molar-refractivity contribution in [2.45, 2.75) is 6.42 Å². The van der Waals surface area contributed by atoms with Crippen molar-refractivity contribution < 1.29 is 4.79 Å². The number of hydrogen-bond donors (Lipinski definition) is 0. The van der Waals surface area contributed by atoms with Gasteiger partial charge in [-0.25, -0.2) is 4.52 Å². The molecule has 3 rings (SSSR count). The van der Waals surface area contributed by atoms with E-state index >= 15 is 0 Å². The fraction of sp³-hybridized carbons (Fsp3) is 0.0769. The Bertz CT molecular complexity index is 716. The van der Waals surface area contributed by atoms with Gasteiger partial charge < -0.3 is 0 Å². The molecule has 3 nitrogen and oxygen atoms in total. The quantitative estimate of drug-likeness (QED) is 0.691. The van der Waals surface area contributed by atoms with Gasteiger partial charge in [-0.05, 0) is 39.5 Å². The molecule has 18 heavy (non-hydrogen) atoms. The van der Waals surface area contributed by atoms with Crippen LogP contribution in [0.3, 0.4) is 0 Å². The highest BCUT2D eigenvalue weighted by molar-refractivity contribution is 9.10. The van der Waals surface area contributed by atoms with Crippen molar-refractivity contribution in [1.82, 2.24) is 9.61 Å². The summed E-state index contributed by atoms with van der Waals surface area (Å²) in [4.78, 5) is 13.3. The first-order valence-corrected chi connectivity index (χ1v) is 7.10. The minimum Gasteiger partial charge on any atom is -0.294 e. The number of halogens is 1. The van der Waals surface area contributed by atoms with Crippen LogP contribution in [0.1, 0.15) is 15.2 Å². The van der Waals surface area contributed by atoms with Gasteiger partial charge in [0.1, 0.15) is 0 Å². The molecule has 90 valence electrons. The molecule has 0 N–H and O–H groups in total. The lowest BCUT2D eigenvalue weighted by Gasteiger charge is -1.98. The van der Waals surface area contributed by atoms with Gasteiger partial charge in [-0.3, -0.25) is 4.79 Å². The van der Waals surface area contributed by atoms with Gasteiger partial charge in [0.15, 0.2) is 5.78 Å². The number of fused-ring (bicyclic) bond motifs is 1. The molecule has 3 heterocycles. The van der Waals surface area contributed by atoms with Gasteiger partial charge in [-0.15, -0.1) is 11.3 Å². The molecule has 3 aromatic heterocycles. The van der Waals surface area contributed by atoms with Crippen LogP contribution < -0.4 is 0 Å². The Labute approximate surface area is 116 Å². The Morgan fingerprint density at radius 2 is 2.28 bits per heavy atom. The van der Waals surface area contributed by atoms with Crippen molar-refractivity contribution >= 4 is 38.6 Å². The summed E-state index contributed by atoms with van der Waals surface area (Å²) in [6.45, 7) is 0. The highest BCUT2D eigenvalue weighted by atomic mass is 79.9. The van der Waals surface area contributed by atoms with Gasteiger partial charge >= 0.3 is 0 Å². The predicted octanol–water partition coefficient (Wildman–Crippen LogP) is 3.58. The second-order valence-corrected chi connectivity index (χ2v) is 5.74. The Morgan fingerprint density at radius 3 is 3.06 bits per heavy atom. The summed E-state index contributed by atoms with van der Waals surface area (Å²) < 4.78 is 2.72. The molecule has 3 aromatic rings. The van der Waals surface area contributed by atoms with E-state index in [1.807, 2.05) is 35.8 Å². The normalized spacial score (nSPS) is 10.9. The van der Waals surface area contributed by atoms with Crippen molar-refractivity contribution in [2.24, 2.45) is 0 Å². The first kappa shape index (κ1) is 11.6. The fourth-order valence-corrected chi connectivity index (χ4v) is 3.33. The second kappa shape index (κ2) is 4.66. The molecule has 0 aliphatic carbocycles. The molecular formula is C13H9BrN2OS. The zero-order valence-electron chi connectivity index (χ0n) is 9.34. The zero-order chi connectivity index (χ0) is 12.5. The topological polar surface area (TPSA) is 34.4 Å². The third-order valence-electron chi connectivity index (χ3n) is 2.74. The highest BCUT2D eigenvalue weighted by Crippen LogP contribution is 2.24. The first-order valence-electron chi connectivity index (χ1n) is 5.43. The number of carbonyl (C=O) groups excluding carboxylic acids is 1. The van der Waals surface area contributed by atoms with E-state index < -0.39 is 0 Å². The van der Waals surface area contributed by atoms with E-state index in [0.717, 1.165) is 14.9 Å². The number of ketones is 1. The smallest absolute Gasteiger partial charge is 0.171 e. The maximum absolute atomic E-state index is 12.3. The largest absolute Gasteiger partial charge is 0.294 e. The molecule has 0 radical (unpaired) electrons. The molecule has 0 amide bonds. The van der Waals surface area contributed by atoms with Gasteiger partial charge in [-0.1, -0.05) is 6.07 Å². The monoisotopic (exact) mass is 320 g/mol. The summed E-state index contributed by atoms with van der Waals surface area (Å²) in [6, 6.07) is 7.67. The van der Waals surface area contributed by atoms with Gasteiger partial charge in [-0.2, -0.15) is 5.10 Å². The van der Waals surface area contributed by atoms with Crippen LogP contribution >= 0.6 is 27.3 Å². The molecule has 0 fully saturated rings. The lowest BCUT2D eigenvalue weighted by Crippen LogP contribution is -2.02. The third kappa shape index (κ3) is 2.00. The summed E-state index contributed by atoms with van der Waals surface area (Å²) in [5.74, 6) is 0.0966. The molecule has 5 heteroatoms.